The van der Waals surface area contributed by atoms with Crippen LogP contribution >= 0.6 is 0 Å². The van der Waals surface area contributed by atoms with Gasteiger partial charge in [-0.1, -0.05) is 18.2 Å². The van der Waals surface area contributed by atoms with Gasteiger partial charge in [0, 0.05) is 11.9 Å². The van der Waals surface area contributed by atoms with Gasteiger partial charge in [-0.05, 0) is 24.3 Å². The number of alkyl halides is 3. The minimum Gasteiger partial charge on any atom is -0.379 e. The SMILES string of the molecule is FC(F)(F)c1ccc(CNc2ccccc2)nc1. The van der Waals surface area contributed by atoms with Gasteiger partial charge in [-0.2, -0.15) is 13.2 Å². The molecule has 0 saturated heterocycles. The van der Waals surface area contributed by atoms with E-state index in [0.29, 0.717) is 12.2 Å². The highest BCUT2D eigenvalue weighted by molar-refractivity contribution is 5.42. The smallest absolute Gasteiger partial charge is 0.379 e. The topological polar surface area (TPSA) is 24.9 Å². The van der Waals surface area contributed by atoms with Crippen LogP contribution in [0.15, 0.2) is 48.7 Å². The summed E-state index contributed by atoms with van der Waals surface area (Å²) in [5.74, 6) is 0. The fourth-order valence-electron chi connectivity index (χ4n) is 1.45. The largest absolute Gasteiger partial charge is 0.417 e. The van der Waals surface area contributed by atoms with Crippen molar-refractivity contribution < 1.29 is 13.2 Å². The standard InChI is InChI=1S/C13H11F3N2/c14-13(15,16)10-6-7-12(17-8-10)9-18-11-4-2-1-3-5-11/h1-8,18H,9H2. The maximum absolute atomic E-state index is 12.3. The van der Waals surface area contributed by atoms with Crippen LogP contribution in [0.1, 0.15) is 11.3 Å². The second-order valence-electron chi connectivity index (χ2n) is 3.76. The molecule has 0 fully saturated rings. The number of pyridine rings is 1. The van der Waals surface area contributed by atoms with Crippen LogP contribution in [0.2, 0.25) is 0 Å². The third kappa shape index (κ3) is 3.23. The molecule has 1 N–H and O–H groups in total. The predicted octanol–water partition coefficient (Wildman–Crippen LogP) is 3.71. The molecule has 0 aliphatic carbocycles. The van der Waals surface area contributed by atoms with Crippen LogP contribution in [0.3, 0.4) is 0 Å². The quantitative estimate of drug-likeness (QED) is 0.900. The molecule has 2 nitrogen and oxygen atoms in total. The summed E-state index contributed by atoms with van der Waals surface area (Å²) in [6.45, 7) is 0.391. The van der Waals surface area contributed by atoms with Gasteiger partial charge in [0.25, 0.3) is 0 Å². The number of hydrogen-bond donors (Lipinski definition) is 1. The van der Waals surface area contributed by atoms with Gasteiger partial charge in [0.15, 0.2) is 0 Å². The molecule has 0 amide bonds. The van der Waals surface area contributed by atoms with Gasteiger partial charge >= 0.3 is 6.18 Å². The van der Waals surface area contributed by atoms with Crippen molar-refractivity contribution in [3.8, 4) is 0 Å². The van der Waals surface area contributed by atoms with E-state index < -0.39 is 11.7 Å². The lowest BCUT2D eigenvalue weighted by Crippen LogP contribution is -2.07. The molecule has 1 aromatic carbocycles. The summed E-state index contributed by atoms with van der Waals surface area (Å²) in [6.07, 6.45) is -3.49. The number of nitrogens with zero attached hydrogens (tertiary/aromatic N) is 1. The zero-order valence-electron chi connectivity index (χ0n) is 9.41. The highest BCUT2D eigenvalue weighted by atomic mass is 19.4. The lowest BCUT2D eigenvalue weighted by atomic mass is 10.2. The minimum atomic E-state index is -4.33. The second kappa shape index (κ2) is 5.08. The van der Waals surface area contributed by atoms with Gasteiger partial charge in [-0.15, -0.1) is 0 Å². The van der Waals surface area contributed by atoms with Crippen LogP contribution in [-0.2, 0) is 12.7 Å². The Morgan fingerprint density at radius 2 is 1.72 bits per heavy atom. The molecule has 94 valence electrons. The van der Waals surface area contributed by atoms with Crippen LogP contribution < -0.4 is 5.32 Å². The first-order chi connectivity index (χ1) is 8.55. The van der Waals surface area contributed by atoms with Crippen molar-refractivity contribution in [2.45, 2.75) is 12.7 Å². The van der Waals surface area contributed by atoms with Crippen molar-refractivity contribution in [1.82, 2.24) is 4.98 Å². The van der Waals surface area contributed by atoms with E-state index in [2.05, 4.69) is 10.3 Å². The van der Waals surface area contributed by atoms with Crippen LogP contribution in [0, 0.1) is 0 Å². The van der Waals surface area contributed by atoms with Crippen LogP contribution in [0.5, 0.6) is 0 Å². The maximum atomic E-state index is 12.3. The third-order valence-electron chi connectivity index (χ3n) is 2.40. The number of benzene rings is 1. The van der Waals surface area contributed by atoms with E-state index in [1.54, 1.807) is 0 Å². The highest BCUT2D eigenvalue weighted by Gasteiger charge is 2.30. The number of nitrogens with one attached hydrogen (secondary N) is 1. The van der Waals surface area contributed by atoms with E-state index in [-0.39, 0.29) is 0 Å². The molecule has 0 aliphatic heterocycles. The average molecular weight is 252 g/mol. The zero-order valence-corrected chi connectivity index (χ0v) is 9.41. The lowest BCUT2D eigenvalue weighted by Gasteiger charge is -2.08. The maximum Gasteiger partial charge on any atom is 0.417 e. The molecule has 0 atom stereocenters. The van der Waals surface area contributed by atoms with E-state index in [0.717, 1.165) is 18.0 Å². The second-order valence-corrected chi connectivity index (χ2v) is 3.76. The summed E-state index contributed by atoms with van der Waals surface area (Å²) in [5.41, 5.74) is 0.733. The Kier molecular flexibility index (Phi) is 3.50. The van der Waals surface area contributed by atoms with Crippen molar-refractivity contribution in [3.63, 3.8) is 0 Å². The molecular formula is C13H11F3N2. The summed E-state index contributed by atoms with van der Waals surface area (Å²) in [7, 11) is 0. The first kappa shape index (κ1) is 12.4. The Balaban J connectivity index is 1.99. The van der Waals surface area contributed by atoms with E-state index >= 15 is 0 Å². The lowest BCUT2D eigenvalue weighted by molar-refractivity contribution is -0.137. The van der Waals surface area contributed by atoms with Crippen molar-refractivity contribution >= 4 is 5.69 Å². The molecule has 2 aromatic rings. The monoisotopic (exact) mass is 252 g/mol. The van der Waals surface area contributed by atoms with Gasteiger partial charge in [0.1, 0.15) is 0 Å². The van der Waals surface area contributed by atoms with Crippen molar-refractivity contribution in [3.05, 3.63) is 59.9 Å². The van der Waals surface area contributed by atoms with E-state index in [1.165, 1.54) is 6.07 Å². The molecule has 0 radical (unpaired) electrons. The predicted molar refractivity (Wildman–Crippen MR) is 63.0 cm³/mol. The Bertz CT molecular complexity index is 492. The van der Waals surface area contributed by atoms with Gasteiger partial charge in [0.05, 0.1) is 17.8 Å². The molecule has 0 unspecified atom stereocenters. The fourth-order valence-corrected chi connectivity index (χ4v) is 1.45. The number of rotatable bonds is 3. The van der Waals surface area contributed by atoms with E-state index in [4.69, 9.17) is 0 Å². The number of halogens is 3. The molecule has 18 heavy (non-hydrogen) atoms. The number of para-hydroxylation sites is 1. The van der Waals surface area contributed by atoms with Gasteiger partial charge < -0.3 is 5.32 Å². The molecule has 2 rings (SSSR count). The molecule has 0 bridgehead atoms. The first-order valence-electron chi connectivity index (χ1n) is 5.37. The number of hydrogen-bond acceptors (Lipinski definition) is 2. The molecular weight excluding hydrogens is 241 g/mol. The molecule has 5 heteroatoms. The van der Waals surface area contributed by atoms with Crippen LogP contribution in [0.4, 0.5) is 18.9 Å². The minimum absolute atomic E-state index is 0.391. The Morgan fingerprint density at radius 1 is 1.00 bits per heavy atom. The Hall–Kier alpha value is -2.04. The summed E-state index contributed by atoms with van der Waals surface area (Å²) in [5, 5.41) is 3.08. The molecule has 1 aromatic heterocycles. The molecule has 0 spiro atoms. The summed E-state index contributed by atoms with van der Waals surface area (Å²) >= 11 is 0. The third-order valence-corrected chi connectivity index (χ3v) is 2.40. The van der Waals surface area contributed by atoms with Crippen molar-refractivity contribution in [1.29, 1.82) is 0 Å². The van der Waals surface area contributed by atoms with Crippen molar-refractivity contribution in [2.24, 2.45) is 0 Å². The normalized spacial score (nSPS) is 11.3. The summed E-state index contributed by atoms with van der Waals surface area (Å²) in [4.78, 5) is 3.78. The van der Waals surface area contributed by atoms with E-state index in [9.17, 15) is 13.2 Å². The van der Waals surface area contributed by atoms with E-state index in [1.807, 2.05) is 30.3 Å². The van der Waals surface area contributed by atoms with Gasteiger partial charge in [-0.3, -0.25) is 4.98 Å². The molecule has 0 aliphatic rings. The number of aromatic nitrogens is 1. The van der Waals surface area contributed by atoms with Crippen LogP contribution in [-0.4, -0.2) is 4.98 Å². The van der Waals surface area contributed by atoms with Crippen molar-refractivity contribution in [2.75, 3.05) is 5.32 Å². The van der Waals surface area contributed by atoms with Crippen LogP contribution in [0.25, 0.3) is 0 Å². The fraction of sp³-hybridized carbons (Fsp3) is 0.154. The van der Waals surface area contributed by atoms with Gasteiger partial charge in [0.2, 0.25) is 0 Å². The number of anilines is 1. The summed E-state index contributed by atoms with van der Waals surface area (Å²) in [6, 6.07) is 11.8. The Morgan fingerprint density at radius 3 is 2.28 bits per heavy atom. The summed E-state index contributed by atoms with van der Waals surface area (Å²) < 4.78 is 36.9. The molecule has 1 heterocycles. The first-order valence-corrected chi connectivity index (χ1v) is 5.37. The Labute approximate surface area is 102 Å². The van der Waals surface area contributed by atoms with Gasteiger partial charge in [-0.25, -0.2) is 0 Å². The zero-order chi connectivity index (χ0) is 13.0. The average Bonchev–Trinajstić information content (AvgIpc) is 2.37. The highest BCUT2D eigenvalue weighted by Crippen LogP contribution is 2.28. The molecule has 0 saturated carbocycles.